The van der Waals surface area contributed by atoms with Gasteiger partial charge in [0.05, 0.1) is 0 Å². The van der Waals surface area contributed by atoms with Gasteiger partial charge in [-0.25, -0.2) is 4.79 Å². The molecule has 0 spiro atoms. The Morgan fingerprint density at radius 3 is 2.16 bits per heavy atom. The minimum Gasteiger partial charge on any atom is -0.444 e. The molecule has 0 bridgehead atoms. The van der Waals surface area contributed by atoms with Crippen LogP contribution in [0.2, 0.25) is 0 Å². The Morgan fingerprint density at radius 1 is 1.26 bits per heavy atom. The highest BCUT2D eigenvalue weighted by Gasteiger charge is 2.25. The number of nitrogens with two attached hydrogens (primary N) is 1. The van der Waals surface area contributed by atoms with Crippen molar-refractivity contribution in [2.24, 2.45) is 5.73 Å². The summed E-state index contributed by atoms with van der Waals surface area (Å²) < 4.78 is 5.07. The molecule has 7 nitrogen and oxygen atoms in total. The van der Waals surface area contributed by atoms with Gasteiger partial charge in [0.25, 0.3) is 0 Å². The third-order valence-electron chi connectivity index (χ3n) is 2.11. The number of ether oxygens (including phenoxy) is 1. The number of primary amides is 1. The van der Waals surface area contributed by atoms with Crippen LogP contribution in [0.25, 0.3) is 0 Å². The molecular formula is C12H23N3O4. The number of nitrogens with zero attached hydrogens (tertiary/aromatic N) is 1. The lowest BCUT2D eigenvalue weighted by atomic mass is 10.1. The van der Waals surface area contributed by atoms with E-state index in [1.54, 1.807) is 34.9 Å². The number of carbonyl (C=O) groups is 3. The van der Waals surface area contributed by atoms with Crippen LogP contribution in [0.4, 0.5) is 4.79 Å². The van der Waals surface area contributed by atoms with E-state index in [1.807, 2.05) is 0 Å². The molecule has 3 amide bonds. The molecule has 0 aliphatic carbocycles. The number of nitrogens with one attached hydrogen (secondary N) is 1. The van der Waals surface area contributed by atoms with Gasteiger partial charge in [0, 0.05) is 20.5 Å². The van der Waals surface area contributed by atoms with Gasteiger partial charge in [0.15, 0.2) is 0 Å². The SMILES string of the molecule is CN(C)C(=O)[C@H](CCC(N)=O)NC(=O)OC(C)(C)C. The van der Waals surface area contributed by atoms with Crippen LogP contribution in [0, 0.1) is 0 Å². The van der Waals surface area contributed by atoms with E-state index in [1.165, 1.54) is 4.90 Å². The number of hydrogen-bond donors (Lipinski definition) is 2. The first kappa shape index (κ1) is 17.2. The van der Waals surface area contributed by atoms with Gasteiger partial charge in [-0.05, 0) is 27.2 Å². The largest absolute Gasteiger partial charge is 0.444 e. The second-order valence-corrected chi connectivity index (χ2v) is 5.44. The molecule has 0 unspecified atom stereocenters. The van der Waals surface area contributed by atoms with Crippen LogP contribution in [0.5, 0.6) is 0 Å². The molecule has 0 aromatic carbocycles. The van der Waals surface area contributed by atoms with Crippen molar-refractivity contribution in [1.29, 1.82) is 0 Å². The Balaban J connectivity index is 4.62. The van der Waals surface area contributed by atoms with E-state index in [4.69, 9.17) is 10.5 Å². The second kappa shape index (κ2) is 6.96. The van der Waals surface area contributed by atoms with E-state index in [0.29, 0.717) is 0 Å². The number of likely N-dealkylation sites (N-methyl/N-ethyl adjacent to an activating group) is 1. The van der Waals surface area contributed by atoms with Crippen LogP contribution in [-0.2, 0) is 14.3 Å². The van der Waals surface area contributed by atoms with Crippen LogP contribution in [0.15, 0.2) is 0 Å². The Hall–Kier alpha value is -1.79. The molecule has 19 heavy (non-hydrogen) atoms. The van der Waals surface area contributed by atoms with E-state index in [9.17, 15) is 14.4 Å². The average Bonchev–Trinajstić information content (AvgIpc) is 2.20. The first-order chi connectivity index (χ1) is 8.53. The maximum Gasteiger partial charge on any atom is 0.408 e. The summed E-state index contributed by atoms with van der Waals surface area (Å²) in [5.74, 6) is -0.838. The summed E-state index contributed by atoms with van der Waals surface area (Å²) in [5.41, 5.74) is 4.39. The lowest BCUT2D eigenvalue weighted by Crippen LogP contribution is -2.48. The predicted molar refractivity (Wildman–Crippen MR) is 70.3 cm³/mol. The molecule has 0 aromatic rings. The van der Waals surface area contributed by atoms with Crippen molar-refractivity contribution in [2.75, 3.05) is 14.1 Å². The summed E-state index contributed by atoms with van der Waals surface area (Å²) in [6, 6.07) is -0.822. The molecule has 0 aliphatic heterocycles. The van der Waals surface area contributed by atoms with Crippen molar-refractivity contribution in [3.05, 3.63) is 0 Å². The molecule has 0 saturated carbocycles. The molecule has 0 saturated heterocycles. The fourth-order valence-electron chi connectivity index (χ4n) is 1.31. The Kier molecular flexibility index (Phi) is 6.31. The summed E-state index contributed by atoms with van der Waals surface area (Å²) in [6.07, 6.45) is -0.539. The van der Waals surface area contributed by atoms with E-state index < -0.39 is 23.6 Å². The maximum atomic E-state index is 11.9. The van der Waals surface area contributed by atoms with Crippen molar-refractivity contribution in [2.45, 2.75) is 45.3 Å². The van der Waals surface area contributed by atoms with Crippen molar-refractivity contribution in [1.82, 2.24) is 10.2 Å². The summed E-state index contributed by atoms with van der Waals surface area (Å²) >= 11 is 0. The monoisotopic (exact) mass is 273 g/mol. The van der Waals surface area contributed by atoms with Gasteiger partial charge in [-0.15, -0.1) is 0 Å². The zero-order chi connectivity index (χ0) is 15.2. The van der Waals surface area contributed by atoms with Crippen molar-refractivity contribution in [3.63, 3.8) is 0 Å². The topological polar surface area (TPSA) is 102 Å². The number of alkyl carbamates (subject to hydrolysis) is 1. The van der Waals surface area contributed by atoms with Gasteiger partial charge in [-0.1, -0.05) is 0 Å². The van der Waals surface area contributed by atoms with Gasteiger partial charge >= 0.3 is 6.09 Å². The molecule has 110 valence electrons. The van der Waals surface area contributed by atoms with Crippen LogP contribution >= 0.6 is 0 Å². The summed E-state index contributed by atoms with van der Waals surface area (Å²) in [4.78, 5) is 35.6. The highest BCUT2D eigenvalue weighted by molar-refractivity contribution is 5.86. The zero-order valence-corrected chi connectivity index (χ0v) is 12.1. The average molecular weight is 273 g/mol. The molecule has 0 fully saturated rings. The molecule has 7 heteroatoms. The van der Waals surface area contributed by atoms with Crippen molar-refractivity contribution in [3.8, 4) is 0 Å². The molecule has 3 N–H and O–H groups in total. The fraction of sp³-hybridized carbons (Fsp3) is 0.750. The highest BCUT2D eigenvalue weighted by Crippen LogP contribution is 2.08. The van der Waals surface area contributed by atoms with Crippen LogP contribution in [-0.4, -0.2) is 48.5 Å². The molecule has 0 aromatic heterocycles. The van der Waals surface area contributed by atoms with E-state index in [0.717, 1.165) is 0 Å². The Bertz CT molecular complexity index is 347. The number of rotatable bonds is 5. The van der Waals surface area contributed by atoms with Crippen molar-refractivity contribution < 1.29 is 19.1 Å². The molecular weight excluding hydrogens is 250 g/mol. The number of carbonyl (C=O) groups excluding carboxylic acids is 3. The van der Waals surface area contributed by atoms with Gasteiger partial charge < -0.3 is 20.7 Å². The lowest BCUT2D eigenvalue weighted by molar-refractivity contribution is -0.131. The van der Waals surface area contributed by atoms with E-state index >= 15 is 0 Å². The zero-order valence-electron chi connectivity index (χ0n) is 12.1. The summed E-state index contributed by atoms with van der Waals surface area (Å²) in [7, 11) is 3.13. The first-order valence-corrected chi connectivity index (χ1v) is 6.02. The smallest absolute Gasteiger partial charge is 0.408 e. The predicted octanol–water partition coefficient (Wildman–Crippen LogP) is 0.233. The fourth-order valence-corrected chi connectivity index (χ4v) is 1.31. The third kappa shape index (κ3) is 8.01. The van der Waals surface area contributed by atoms with E-state index in [-0.39, 0.29) is 18.7 Å². The maximum absolute atomic E-state index is 11.9. The molecule has 0 radical (unpaired) electrons. The number of amides is 3. The van der Waals surface area contributed by atoms with Gasteiger partial charge in [-0.2, -0.15) is 0 Å². The summed E-state index contributed by atoms with van der Waals surface area (Å²) in [5, 5.41) is 2.45. The molecule has 1 atom stereocenters. The summed E-state index contributed by atoms with van der Waals surface area (Å²) in [6.45, 7) is 5.16. The van der Waals surface area contributed by atoms with Crippen LogP contribution in [0.3, 0.4) is 0 Å². The van der Waals surface area contributed by atoms with Crippen molar-refractivity contribution >= 4 is 17.9 Å². The number of hydrogen-bond acceptors (Lipinski definition) is 4. The second-order valence-electron chi connectivity index (χ2n) is 5.44. The quantitative estimate of drug-likeness (QED) is 0.748. The van der Waals surface area contributed by atoms with Gasteiger partial charge in [0.1, 0.15) is 11.6 Å². The first-order valence-electron chi connectivity index (χ1n) is 6.02. The Morgan fingerprint density at radius 2 is 1.79 bits per heavy atom. The molecule has 0 rings (SSSR count). The third-order valence-corrected chi connectivity index (χ3v) is 2.11. The lowest BCUT2D eigenvalue weighted by Gasteiger charge is -2.24. The van der Waals surface area contributed by atoms with E-state index in [2.05, 4.69) is 5.32 Å². The molecule has 0 heterocycles. The molecule has 0 aliphatic rings. The minimum absolute atomic E-state index is 0.0139. The van der Waals surface area contributed by atoms with Crippen LogP contribution in [0.1, 0.15) is 33.6 Å². The van der Waals surface area contributed by atoms with Crippen LogP contribution < -0.4 is 11.1 Å². The van der Waals surface area contributed by atoms with Gasteiger partial charge in [0.2, 0.25) is 11.8 Å². The standard InChI is InChI=1S/C12H23N3O4/c1-12(2,3)19-11(18)14-8(6-7-9(13)16)10(17)15(4)5/h8H,6-7H2,1-5H3,(H2,13,16)(H,14,18)/t8-/m0/s1. The minimum atomic E-state index is -0.822. The normalized spacial score (nSPS) is 12.5. The van der Waals surface area contributed by atoms with Gasteiger partial charge in [-0.3, -0.25) is 9.59 Å². The highest BCUT2D eigenvalue weighted by atomic mass is 16.6. The Labute approximate surface area is 113 Å².